The number of benzene rings is 1. The number of hydrogen-bond donors (Lipinski definition) is 1. The van der Waals surface area contributed by atoms with Crippen LogP contribution in [-0.2, 0) is 0 Å². The largest absolute Gasteiger partial charge is 0.369 e. The minimum atomic E-state index is -0.126. The molecule has 1 fully saturated rings. The summed E-state index contributed by atoms with van der Waals surface area (Å²) >= 11 is 0. The van der Waals surface area contributed by atoms with Crippen LogP contribution < -0.4 is 10.2 Å². The number of nitrogens with one attached hydrogen (secondary N) is 1. The standard InChI is InChI=1S/C19H24FN3/c1-2-17(18-8-5-6-12-21-18)22-15-10-13-23(14-11-15)19-9-4-3-7-16(19)20/h3-9,12,15,17,22H,2,10-11,13-14H2,1H3/t17-/m0/s1. The fourth-order valence-electron chi connectivity index (χ4n) is 3.27. The van der Waals surface area contributed by atoms with Crippen molar-refractivity contribution >= 4 is 5.69 Å². The van der Waals surface area contributed by atoms with Gasteiger partial charge < -0.3 is 10.2 Å². The third kappa shape index (κ3) is 3.88. The van der Waals surface area contributed by atoms with E-state index in [1.54, 1.807) is 6.07 Å². The summed E-state index contributed by atoms with van der Waals surface area (Å²) in [6.45, 7) is 3.95. The van der Waals surface area contributed by atoms with E-state index in [-0.39, 0.29) is 5.82 Å². The number of para-hydroxylation sites is 1. The fourth-order valence-corrected chi connectivity index (χ4v) is 3.27. The van der Waals surface area contributed by atoms with Gasteiger partial charge in [0.2, 0.25) is 0 Å². The van der Waals surface area contributed by atoms with Gasteiger partial charge in [-0.15, -0.1) is 0 Å². The molecule has 4 heteroatoms. The first-order valence-corrected chi connectivity index (χ1v) is 8.44. The van der Waals surface area contributed by atoms with Crippen molar-refractivity contribution in [1.82, 2.24) is 10.3 Å². The van der Waals surface area contributed by atoms with Crippen LogP contribution in [0.15, 0.2) is 48.7 Å². The summed E-state index contributed by atoms with van der Waals surface area (Å²) in [6, 6.07) is 13.9. The van der Waals surface area contributed by atoms with Gasteiger partial charge in [-0.25, -0.2) is 4.39 Å². The summed E-state index contributed by atoms with van der Waals surface area (Å²) in [4.78, 5) is 6.62. The van der Waals surface area contributed by atoms with Crippen molar-refractivity contribution < 1.29 is 4.39 Å². The Bertz CT molecular complexity index is 609. The lowest BCUT2D eigenvalue weighted by Crippen LogP contribution is -2.44. The van der Waals surface area contributed by atoms with Crippen molar-refractivity contribution in [2.75, 3.05) is 18.0 Å². The number of halogens is 1. The number of rotatable bonds is 5. The van der Waals surface area contributed by atoms with Gasteiger partial charge in [-0.05, 0) is 43.5 Å². The molecule has 0 spiro atoms. The van der Waals surface area contributed by atoms with Crippen LogP contribution in [0.3, 0.4) is 0 Å². The zero-order valence-corrected chi connectivity index (χ0v) is 13.6. The highest BCUT2D eigenvalue weighted by atomic mass is 19.1. The number of hydrogen-bond acceptors (Lipinski definition) is 3. The Morgan fingerprint density at radius 1 is 1.17 bits per heavy atom. The van der Waals surface area contributed by atoms with Gasteiger partial charge in [0.1, 0.15) is 5.82 Å². The summed E-state index contributed by atoms with van der Waals surface area (Å²) < 4.78 is 13.9. The van der Waals surface area contributed by atoms with Crippen molar-refractivity contribution in [3.05, 3.63) is 60.2 Å². The zero-order chi connectivity index (χ0) is 16.1. The molecule has 1 atom stereocenters. The van der Waals surface area contributed by atoms with E-state index in [1.807, 2.05) is 30.5 Å². The van der Waals surface area contributed by atoms with Crippen LogP contribution in [0.5, 0.6) is 0 Å². The van der Waals surface area contributed by atoms with E-state index in [0.717, 1.165) is 43.7 Å². The molecule has 1 aliphatic heterocycles. The lowest BCUT2D eigenvalue weighted by Gasteiger charge is -2.35. The summed E-state index contributed by atoms with van der Waals surface area (Å²) in [5.41, 5.74) is 1.83. The summed E-state index contributed by atoms with van der Waals surface area (Å²) in [5.74, 6) is -0.126. The molecule has 1 aromatic heterocycles. The molecule has 0 unspecified atom stereocenters. The Morgan fingerprint density at radius 2 is 1.91 bits per heavy atom. The molecule has 0 radical (unpaired) electrons. The Hall–Kier alpha value is -1.94. The van der Waals surface area contributed by atoms with E-state index in [1.165, 1.54) is 6.07 Å². The van der Waals surface area contributed by atoms with E-state index in [4.69, 9.17) is 0 Å². The second-order valence-electron chi connectivity index (χ2n) is 6.09. The first-order chi connectivity index (χ1) is 11.3. The van der Waals surface area contributed by atoms with E-state index in [2.05, 4.69) is 28.2 Å². The molecule has 3 nitrogen and oxygen atoms in total. The summed E-state index contributed by atoms with van der Waals surface area (Å²) in [5, 5.41) is 3.73. The molecule has 2 aromatic rings. The maximum atomic E-state index is 13.9. The predicted octanol–water partition coefficient (Wildman–Crippen LogP) is 3.93. The number of piperidine rings is 1. The Kier molecular flexibility index (Phi) is 5.23. The van der Waals surface area contributed by atoms with Crippen LogP contribution in [0, 0.1) is 5.82 Å². The second kappa shape index (κ2) is 7.55. The van der Waals surface area contributed by atoms with Crippen molar-refractivity contribution in [3.8, 4) is 0 Å². The Labute approximate surface area is 137 Å². The van der Waals surface area contributed by atoms with Crippen LogP contribution in [0.2, 0.25) is 0 Å². The molecular formula is C19H24FN3. The van der Waals surface area contributed by atoms with Crippen LogP contribution >= 0.6 is 0 Å². The van der Waals surface area contributed by atoms with Gasteiger partial charge in [0.25, 0.3) is 0 Å². The zero-order valence-electron chi connectivity index (χ0n) is 13.6. The maximum Gasteiger partial charge on any atom is 0.146 e. The minimum Gasteiger partial charge on any atom is -0.369 e. The highest BCUT2D eigenvalue weighted by Gasteiger charge is 2.23. The summed E-state index contributed by atoms with van der Waals surface area (Å²) in [6.07, 6.45) is 4.92. The topological polar surface area (TPSA) is 28.2 Å². The SMILES string of the molecule is CC[C@H](NC1CCN(c2ccccc2F)CC1)c1ccccn1. The van der Waals surface area contributed by atoms with E-state index < -0.39 is 0 Å². The lowest BCUT2D eigenvalue weighted by molar-refractivity contribution is 0.359. The monoisotopic (exact) mass is 313 g/mol. The molecular weight excluding hydrogens is 289 g/mol. The van der Waals surface area contributed by atoms with E-state index in [9.17, 15) is 4.39 Å². The molecule has 122 valence electrons. The highest BCUT2D eigenvalue weighted by Crippen LogP contribution is 2.24. The summed E-state index contributed by atoms with van der Waals surface area (Å²) in [7, 11) is 0. The van der Waals surface area contributed by atoms with Crippen LogP contribution in [0.1, 0.15) is 37.9 Å². The van der Waals surface area contributed by atoms with Crippen molar-refractivity contribution in [2.24, 2.45) is 0 Å². The quantitative estimate of drug-likeness (QED) is 0.906. The van der Waals surface area contributed by atoms with Gasteiger partial charge in [-0.3, -0.25) is 4.98 Å². The third-order valence-electron chi connectivity index (χ3n) is 4.58. The Balaban J connectivity index is 1.58. The maximum absolute atomic E-state index is 13.9. The molecule has 3 rings (SSSR count). The van der Waals surface area contributed by atoms with E-state index in [0.29, 0.717) is 12.1 Å². The average molecular weight is 313 g/mol. The fraction of sp³-hybridized carbons (Fsp3) is 0.421. The number of nitrogens with zero attached hydrogens (tertiary/aromatic N) is 2. The lowest BCUT2D eigenvalue weighted by atomic mass is 10.0. The number of anilines is 1. The van der Waals surface area contributed by atoms with Crippen LogP contribution in [0.4, 0.5) is 10.1 Å². The number of aromatic nitrogens is 1. The molecule has 1 N–H and O–H groups in total. The van der Waals surface area contributed by atoms with Gasteiger partial charge in [0, 0.05) is 31.4 Å². The van der Waals surface area contributed by atoms with Gasteiger partial charge in [-0.1, -0.05) is 25.1 Å². The van der Waals surface area contributed by atoms with Gasteiger partial charge in [0.15, 0.2) is 0 Å². The molecule has 0 saturated carbocycles. The molecule has 1 saturated heterocycles. The molecule has 0 amide bonds. The molecule has 1 aromatic carbocycles. The Morgan fingerprint density at radius 3 is 2.57 bits per heavy atom. The normalized spacial score (nSPS) is 17.2. The molecule has 2 heterocycles. The predicted molar refractivity (Wildman–Crippen MR) is 92.0 cm³/mol. The second-order valence-corrected chi connectivity index (χ2v) is 6.09. The van der Waals surface area contributed by atoms with Gasteiger partial charge >= 0.3 is 0 Å². The molecule has 23 heavy (non-hydrogen) atoms. The van der Waals surface area contributed by atoms with Crippen LogP contribution in [-0.4, -0.2) is 24.1 Å². The molecule has 1 aliphatic rings. The van der Waals surface area contributed by atoms with Crippen molar-refractivity contribution in [1.29, 1.82) is 0 Å². The first kappa shape index (κ1) is 15.9. The van der Waals surface area contributed by atoms with E-state index >= 15 is 0 Å². The van der Waals surface area contributed by atoms with Gasteiger partial charge in [-0.2, -0.15) is 0 Å². The smallest absolute Gasteiger partial charge is 0.146 e. The average Bonchev–Trinajstić information content (AvgIpc) is 2.61. The number of pyridine rings is 1. The van der Waals surface area contributed by atoms with Crippen molar-refractivity contribution in [3.63, 3.8) is 0 Å². The molecule has 0 bridgehead atoms. The highest BCUT2D eigenvalue weighted by molar-refractivity contribution is 5.47. The first-order valence-electron chi connectivity index (χ1n) is 8.44. The van der Waals surface area contributed by atoms with Crippen molar-refractivity contribution in [2.45, 2.75) is 38.3 Å². The van der Waals surface area contributed by atoms with Crippen LogP contribution in [0.25, 0.3) is 0 Å². The van der Waals surface area contributed by atoms with Gasteiger partial charge in [0.05, 0.1) is 11.4 Å². The third-order valence-corrected chi connectivity index (χ3v) is 4.58. The minimum absolute atomic E-state index is 0.126. The molecule has 0 aliphatic carbocycles.